The van der Waals surface area contributed by atoms with Crippen LogP contribution < -0.4 is 5.73 Å². The van der Waals surface area contributed by atoms with Crippen LogP contribution in [0.4, 0.5) is 0 Å². The van der Waals surface area contributed by atoms with E-state index >= 15 is 0 Å². The van der Waals surface area contributed by atoms with Gasteiger partial charge in [0.05, 0.1) is 0 Å². The van der Waals surface area contributed by atoms with Crippen LogP contribution in [-0.2, 0) is 11.2 Å². The lowest BCUT2D eigenvalue weighted by Gasteiger charge is -2.06. The molecule has 2 heteroatoms. The number of rotatable bonds is 6. The number of carbonyl (C=O) groups is 1. The molecule has 2 nitrogen and oxygen atoms in total. The highest BCUT2D eigenvalue weighted by Crippen LogP contribution is 2.11. The highest BCUT2D eigenvalue weighted by molar-refractivity contribution is 5.80. The SMILES string of the molecule is Cc1cc(C)cc(CC(=O)CCCC(C)N)c1. The van der Waals surface area contributed by atoms with Gasteiger partial charge in [-0.2, -0.15) is 0 Å². The molecule has 94 valence electrons. The summed E-state index contributed by atoms with van der Waals surface area (Å²) in [6.45, 7) is 6.11. The first-order valence-corrected chi connectivity index (χ1v) is 6.32. The first kappa shape index (κ1) is 13.9. The number of aryl methyl sites for hydroxylation is 2. The minimum absolute atomic E-state index is 0.198. The molecular weight excluding hydrogens is 210 g/mol. The van der Waals surface area contributed by atoms with E-state index in [4.69, 9.17) is 5.73 Å². The summed E-state index contributed by atoms with van der Waals surface area (Å²) in [5, 5.41) is 0. The summed E-state index contributed by atoms with van der Waals surface area (Å²) in [6.07, 6.45) is 3.04. The largest absolute Gasteiger partial charge is 0.328 e. The fourth-order valence-corrected chi connectivity index (χ4v) is 2.11. The molecule has 0 bridgehead atoms. The van der Waals surface area contributed by atoms with Gasteiger partial charge in [0.1, 0.15) is 5.78 Å². The Labute approximate surface area is 104 Å². The Kier molecular flexibility index (Phi) is 5.36. The monoisotopic (exact) mass is 233 g/mol. The molecule has 0 aliphatic carbocycles. The van der Waals surface area contributed by atoms with Crippen molar-refractivity contribution in [2.24, 2.45) is 5.73 Å². The number of ketones is 1. The third kappa shape index (κ3) is 5.64. The number of hydrogen-bond donors (Lipinski definition) is 1. The van der Waals surface area contributed by atoms with E-state index in [0.29, 0.717) is 18.6 Å². The van der Waals surface area contributed by atoms with Crippen molar-refractivity contribution in [3.63, 3.8) is 0 Å². The lowest BCUT2D eigenvalue weighted by Crippen LogP contribution is -2.15. The van der Waals surface area contributed by atoms with Gasteiger partial charge < -0.3 is 5.73 Å². The van der Waals surface area contributed by atoms with Gasteiger partial charge in [0, 0.05) is 18.9 Å². The van der Waals surface area contributed by atoms with Gasteiger partial charge in [0.15, 0.2) is 0 Å². The Balaban J connectivity index is 2.45. The smallest absolute Gasteiger partial charge is 0.137 e. The van der Waals surface area contributed by atoms with E-state index < -0.39 is 0 Å². The van der Waals surface area contributed by atoms with Crippen LogP contribution >= 0.6 is 0 Å². The Bertz CT molecular complexity index is 362. The average molecular weight is 233 g/mol. The Hall–Kier alpha value is -1.15. The third-order valence-corrected chi connectivity index (χ3v) is 2.80. The molecule has 0 aliphatic rings. The summed E-state index contributed by atoms with van der Waals surface area (Å²) >= 11 is 0. The van der Waals surface area contributed by atoms with E-state index in [1.165, 1.54) is 11.1 Å². The normalized spacial score (nSPS) is 12.5. The Morgan fingerprint density at radius 2 is 1.82 bits per heavy atom. The van der Waals surface area contributed by atoms with E-state index in [1.54, 1.807) is 0 Å². The average Bonchev–Trinajstić information content (AvgIpc) is 2.14. The molecule has 2 N–H and O–H groups in total. The fourth-order valence-electron chi connectivity index (χ4n) is 2.11. The Morgan fingerprint density at radius 3 is 2.35 bits per heavy atom. The molecule has 17 heavy (non-hydrogen) atoms. The predicted octanol–water partition coefficient (Wildman–Crippen LogP) is 2.93. The van der Waals surface area contributed by atoms with Crippen molar-refractivity contribution < 1.29 is 4.79 Å². The van der Waals surface area contributed by atoms with Crippen LogP contribution in [0.5, 0.6) is 0 Å². The molecule has 0 saturated carbocycles. The van der Waals surface area contributed by atoms with Gasteiger partial charge in [-0.3, -0.25) is 4.79 Å². The van der Waals surface area contributed by atoms with Crippen LogP contribution in [0.1, 0.15) is 42.9 Å². The number of benzene rings is 1. The van der Waals surface area contributed by atoms with Gasteiger partial charge in [-0.1, -0.05) is 29.3 Å². The molecule has 0 fully saturated rings. The molecule has 0 amide bonds. The Morgan fingerprint density at radius 1 is 1.24 bits per heavy atom. The molecule has 1 unspecified atom stereocenters. The van der Waals surface area contributed by atoms with Crippen molar-refractivity contribution in [2.75, 3.05) is 0 Å². The predicted molar refractivity (Wildman–Crippen MR) is 72.1 cm³/mol. The highest BCUT2D eigenvalue weighted by Gasteiger charge is 2.05. The van der Waals surface area contributed by atoms with E-state index in [-0.39, 0.29) is 6.04 Å². The van der Waals surface area contributed by atoms with Crippen LogP contribution in [0.15, 0.2) is 18.2 Å². The topological polar surface area (TPSA) is 43.1 Å². The zero-order valence-electron chi connectivity index (χ0n) is 11.1. The number of Topliss-reactive ketones (excluding diaryl/α,β-unsaturated/α-hetero) is 1. The van der Waals surface area contributed by atoms with Gasteiger partial charge in [-0.15, -0.1) is 0 Å². The third-order valence-electron chi connectivity index (χ3n) is 2.80. The van der Waals surface area contributed by atoms with Crippen molar-refractivity contribution >= 4 is 5.78 Å². The second-order valence-electron chi connectivity index (χ2n) is 5.08. The van der Waals surface area contributed by atoms with E-state index in [1.807, 2.05) is 6.92 Å². The summed E-state index contributed by atoms with van der Waals surface area (Å²) in [5.41, 5.74) is 9.24. The first-order valence-electron chi connectivity index (χ1n) is 6.32. The summed E-state index contributed by atoms with van der Waals surface area (Å²) < 4.78 is 0. The van der Waals surface area contributed by atoms with Gasteiger partial charge in [0.25, 0.3) is 0 Å². The quantitative estimate of drug-likeness (QED) is 0.821. The van der Waals surface area contributed by atoms with E-state index in [9.17, 15) is 4.79 Å². The maximum atomic E-state index is 11.8. The summed E-state index contributed by atoms with van der Waals surface area (Å²) in [6, 6.07) is 6.51. The van der Waals surface area contributed by atoms with Gasteiger partial charge >= 0.3 is 0 Å². The molecule has 0 saturated heterocycles. The van der Waals surface area contributed by atoms with Crippen molar-refractivity contribution in [2.45, 2.75) is 52.5 Å². The molecule has 1 atom stereocenters. The maximum absolute atomic E-state index is 11.8. The number of hydrogen-bond acceptors (Lipinski definition) is 2. The second kappa shape index (κ2) is 6.55. The zero-order valence-corrected chi connectivity index (χ0v) is 11.1. The van der Waals surface area contributed by atoms with Crippen molar-refractivity contribution in [1.29, 1.82) is 0 Å². The molecule has 0 radical (unpaired) electrons. The number of carbonyl (C=O) groups excluding carboxylic acids is 1. The highest BCUT2D eigenvalue weighted by atomic mass is 16.1. The minimum Gasteiger partial charge on any atom is -0.328 e. The lowest BCUT2D eigenvalue weighted by atomic mass is 10.0. The van der Waals surface area contributed by atoms with Crippen LogP contribution in [-0.4, -0.2) is 11.8 Å². The summed E-state index contributed by atoms with van der Waals surface area (Å²) in [7, 11) is 0. The molecule has 1 rings (SSSR count). The van der Waals surface area contributed by atoms with E-state index in [0.717, 1.165) is 18.4 Å². The zero-order chi connectivity index (χ0) is 12.8. The first-order chi connectivity index (χ1) is 7.97. The molecule has 0 heterocycles. The minimum atomic E-state index is 0.198. The second-order valence-corrected chi connectivity index (χ2v) is 5.08. The molecule has 1 aromatic carbocycles. The fraction of sp³-hybridized carbons (Fsp3) is 0.533. The summed E-state index contributed by atoms with van der Waals surface area (Å²) in [5.74, 6) is 0.315. The molecule has 0 spiro atoms. The van der Waals surface area contributed by atoms with Crippen LogP contribution in [0.2, 0.25) is 0 Å². The molecule has 1 aromatic rings. The van der Waals surface area contributed by atoms with Crippen LogP contribution in [0.3, 0.4) is 0 Å². The van der Waals surface area contributed by atoms with Gasteiger partial charge in [-0.05, 0) is 39.2 Å². The molecule has 0 aliphatic heterocycles. The van der Waals surface area contributed by atoms with Gasteiger partial charge in [0.2, 0.25) is 0 Å². The van der Waals surface area contributed by atoms with Crippen molar-refractivity contribution in [3.05, 3.63) is 34.9 Å². The number of nitrogens with two attached hydrogens (primary N) is 1. The lowest BCUT2D eigenvalue weighted by molar-refractivity contribution is -0.118. The van der Waals surface area contributed by atoms with Crippen LogP contribution in [0.25, 0.3) is 0 Å². The van der Waals surface area contributed by atoms with Crippen molar-refractivity contribution in [3.8, 4) is 0 Å². The van der Waals surface area contributed by atoms with Crippen LogP contribution in [0, 0.1) is 13.8 Å². The molecular formula is C15H23NO. The molecule has 0 aromatic heterocycles. The maximum Gasteiger partial charge on any atom is 0.137 e. The van der Waals surface area contributed by atoms with Gasteiger partial charge in [-0.25, -0.2) is 0 Å². The standard InChI is InChI=1S/C15H23NO/c1-11-7-12(2)9-14(8-11)10-15(17)6-4-5-13(3)16/h7-9,13H,4-6,10,16H2,1-3H3. The van der Waals surface area contributed by atoms with Crippen molar-refractivity contribution in [1.82, 2.24) is 0 Å². The summed E-state index contributed by atoms with van der Waals surface area (Å²) in [4.78, 5) is 11.8. The van der Waals surface area contributed by atoms with E-state index in [2.05, 4.69) is 32.0 Å².